The van der Waals surface area contributed by atoms with Gasteiger partial charge in [-0.2, -0.15) is 0 Å². The first-order valence-corrected chi connectivity index (χ1v) is 6.65. The molecule has 80 valence electrons. The van der Waals surface area contributed by atoms with Crippen molar-refractivity contribution in [1.82, 2.24) is 4.90 Å². The number of rotatable bonds is 2. The van der Waals surface area contributed by atoms with Crippen molar-refractivity contribution in [2.75, 3.05) is 0 Å². The number of hydrogen-bond acceptors (Lipinski definition) is 3. The smallest absolute Gasteiger partial charge is 0.255 e. The molecule has 1 aliphatic heterocycles. The van der Waals surface area contributed by atoms with Crippen LogP contribution in [0.5, 0.6) is 0 Å². The first kappa shape index (κ1) is 10.9. The van der Waals surface area contributed by atoms with Crippen LogP contribution in [-0.2, 0) is 6.54 Å². The summed E-state index contributed by atoms with van der Waals surface area (Å²) in [6.45, 7) is 4.71. The molecule has 0 saturated heterocycles. The molecular weight excluding hydrogens is 226 g/mol. The lowest BCUT2D eigenvalue weighted by Crippen LogP contribution is -2.40. The summed E-state index contributed by atoms with van der Waals surface area (Å²) in [6.07, 6.45) is 0. The number of carbonyl (C=O) groups is 1. The first-order chi connectivity index (χ1) is 7.06. The van der Waals surface area contributed by atoms with Crippen molar-refractivity contribution >= 4 is 28.4 Å². The van der Waals surface area contributed by atoms with Crippen LogP contribution in [0.15, 0.2) is 24.3 Å². The van der Waals surface area contributed by atoms with Gasteiger partial charge in [0.1, 0.15) is 0 Å². The lowest BCUT2D eigenvalue weighted by molar-refractivity contribution is 0.0702. The van der Waals surface area contributed by atoms with Crippen LogP contribution in [-0.4, -0.2) is 15.7 Å². The monoisotopic (exact) mass is 239 g/mol. The van der Waals surface area contributed by atoms with Gasteiger partial charge in [-0.15, -0.1) is 11.7 Å². The second kappa shape index (κ2) is 3.76. The molecule has 2 rings (SSSR count). The van der Waals surface area contributed by atoms with Crippen LogP contribution < -0.4 is 0 Å². The highest BCUT2D eigenvalue weighted by atomic mass is 33.1. The zero-order valence-corrected chi connectivity index (χ0v) is 10.4. The van der Waals surface area contributed by atoms with E-state index in [1.807, 2.05) is 43.0 Å². The van der Waals surface area contributed by atoms with Crippen molar-refractivity contribution in [1.29, 1.82) is 0 Å². The summed E-state index contributed by atoms with van der Waals surface area (Å²) in [5, 5.41) is 0. The fourth-order valence-corrected chi connectivity index (χ4v) is 2.28. The summed E-state index contributed by atoms with van der Waals surface area (Å²) < 4.78 is 0. The highest BCUT2D eigenvalue weighted by Crippen LogP contribution is 2.37. The van der Waals surface area contributed by atoms with Gasteiger partial charge >= 0.3 is 0 Å². The van der Waals surface area contributed by atoms with Crippen molar-refractivity contribution in [2.24, 2.45) is 0 Å². The van der Waals surface area contributed by atoms with Gasteiger partial charge in [-0.25, -0.2) is 0 Å². The number of fused-ring (bicyclic) bond motifs is 1. The summed E-state index contributed by atoms with van der Waals surface area (Å²) in [5.41, 5.74) is 1.94. The Kier molecular flexibility index (Phi) is 2.73. The van der Waals surface area contributed by atoms with Crippen molar-refractivity contribution in [3.63, 3.8) is 0 Å². The van der Waals surface area contributed by atoms with Crippen LogP contribution in [0.1, 0.15) is 29.8 Å². The van der Waals surface area contributed by atoms with E-state index in [0.29, 0.717) is 6.54 Å². The number of benzene rings is 1. The molecule has 0 atom stereocenters. The molecule has 15 heavy (non-hydrogen) atoms. The van der Waals surface area contributed by atoms with E-state index in [4.69, 9.17) is 0 Å². The normalized spacial score (nSPS) is 15.7. The zero-order valence-electron chi connectivity index (χ0n) is 8.73. The summed E-state index contributed by atoms with van der Waals surface area (Å²) in [7, 11) is 1.40. The first-order valence-electron chi connectivity index (χ1n) is 4.79. The van der Waals surface area contributed by atoms with E-state index in [-0.39, 0.29) is 10.8 Å². The Labute approximate surface area is 98.8 Å². The molecule has 0 aliphatic carbocycles. The van der Waals surface area contributed by atoms with Crippen molar-refractivity contribution in [3.8, 4) is 0 Å². The molecule has 1 amide bonds. The third-order valence-electron chi connectivity index (χ3n) is 2.69. The van der Waals surface area contributed by atoms with Gasteiger partial charge in [-0.1, -0.05) is 29.0 Å². The molecule has 1 aliphatic rings. The third kappa shape index (κ3) is 1.76. The lowest BCUT2D eigenvalue weighted by Gasteiger charge is -2.32. The van der Waals surface area contributed by atoms with Gasteiger partial charge in [-0.05, 0) is 25.5 Å². The van der Waals surface area contributed by atoms with Crippen LogP contribution in [0.4, 0.5) is 0 Å². The van der Waals surface area contributed by atoms with Gasteiger partial charge in [0, 0.05) is 12.1 Å². The standard InChI is InChI=1S/C11H13NOS2/c1-11(2,15-14)12-7-8-5-3-4-6-9(8)10(12)13/h3-6,14H,7H2,1-2H3. The fourth-order valence-electron chi connectivity index (χ4n) is 1.74. The molecule has 2 nitrogen and oxygen atoms in total. The molecule has 0 fully saturated rings. The van der Waals surface area contributed by atoms with Crippen LogP contribution in [0.3, 0.4) is 0 Å². The number of amides is 1. The van der Waals surface area contributed by atoms with E-state index in [1.54, 1.807) is 0 Å². The van der Waals surface area contributed by atoms with Gasteiger partial charge in [0.05, 0.1) is 4.87 Å². The summed E-state index contributed by atoms with van der Waals surface area (Å²) >= 11 is 4.22. The molecule has 1 heterocycles. The number of hydrogen-bond donors (Lipinski definition) is 1. The molecule has 1 aromatic carbocycles. The molecule has 0 radical (unpaired) electrons. The quantitative estimate of drug-likeness (QED) is 0.632. The largest absolute Gasteiger partial charge is 0.319 e. The van der Waals surface area contributed by atoms with Crippen molar-refractivity contribution in [2.45, 2.75) is 25.3 Å². The van der Waals surface area contributed by atoms with Crippen molar-refractivity contribution in [3.05, 3.63) is 35.4 Å². The minimum atomic E-state index is -0.265. The molecule has 1 aromatic rings. The summed E-state index contributed by atoms with van der Waals surface area (Å²) in [4.78, 5) is 13.7. The number of carbonyl (C=O) groups excluding carboxylic acids is 1. The summed E-state index contributed by atoms with van der Waals surface area (Å²) in [5.74, 6) is 0.108. The Morgan fingerprint density at radius 3 is 2.67 bits per heavy atom. The van der Waals surface area contributed by atoms with Gasteiger partial charge in [0.25, 0.3) is 5.91 Å². The number of nitrogens with zero attached hydrogens (tertiary/aromatic N) is 1. The molecule has 0 saturated carbocycles. The molecule has 0 unspecified atom stereocenters. The Balaban J connectivity index is 2.35. The molecule has 0 bridgehead atoms. The minimum absolute atomic E-state index is 0.108. The van der Waals surface area contributed by atoms with E-state index in [9.17, 15) is 4.79 Å². The average molecular weight is 239 g/mol. The highest BCUT2D eigenvalue weighted by molar-refractivity contribution is 8.69. The number of thiol groups is 1. The molecular formula is C11H13NOS2. The second-order valence-electron chi connectivity index (χ2n) is 4.09. The highest BCUT2D eigenvalue weighted by Gasteiger charge is 2.37. The molecule has 0 spiro atoms. The van der Waals surface area contributed by atoms with Crippen LogP contribution in [0.2, 0.25) is 0 Å². The lowest BCUT2D eigenvalue weighted by atomic mass is 10.1. The maximum absolute atomic E-state index is 12.1. The predicted octanol–water partition coefficient (Wildman–Crippen LogP) is 2.96. The topological polar surface area (TPSA) is 20.3 Å². The Hall–Kier alpha value is -0.610. The SMILES string of the molecule is CC(C)(SS)N1Cc2ccccc2C1=O. The molecule has 0 aromatic heterocycles. The average Bonchev–Trinajstić information content (AvgIpc) is 2.58. The third-order valence-corrected chi connectivity index (χ3v) is 4.70. The minimum Gasteiger partial charge on any atom is -0.319 e. The van der Waals surface area contributed by atoms with E-state index >= 15 is 0 Å². The van der Waals surface area contributed by atoms with E-state index in [2.05, 4.69) is 11.7 Å². The second-order valence-corrected chi connectivity index (χ2v) is 5.82. The maximum Gasteiger partial charge on any atom is 0.255 e. The van der Waals surface area contributed by atoms with Gasteiger partial charge in [0.2, 0.25) is 0 Å². The Morgan fingerprint density at radius 2 is 2.07 bits per heavy atom. The zero-order chi connectivity index (χ0) is 11.1. The fraction of sp³-hybridized carbons (Fsp3) is 0.364. The molecule has 4 heteroatoms. The van der Waals surface area contributed by atoms with Crippen LogP contribution in [0, 0.1) is 0 Å². The van der Waals surface area contributed by atoms with Gasteiger partial charge in [-0.3, -0.25) is 4.79 Å². The molecule has 0 N–H and O–H groups in total. The summed E-state index contributed by atoms with van der Waals surface area (Å²) in [6, 6.07) is 7.76. The van der Waals surface area contributed by atoms with E-state index in [0.717, 1.165) is 11.1 Å². The van der Waals surface area contributed by atoms with Crippen molar-refractivity contribution < 1.29 is 4.79 Å². The van der Waals surface area contributed by atoms with Crippen LogP contribution in [0.25, 0.3) is 0 Å². The van der Waals surface area contributed by atoms with Crippen LogP contribution >= 0.6 is 22.5 Å². The van der Waals surface area contributed by atoms with E-state index < -0.39 is 0 Å². The Bertz CT molecular complexity index is 403. The van der Waals surface area contributed by atoms with Gasteiger partial charge < -0.3 is 4.90 Å². The van der Waals surface area contributed by atoms with Gasteiger partial charge in [0.15, 0.2) is 0 Å². The maximum atomic E-state index is 12.1. The van der Waals surface area contributed by atoms with E-state index in [1.165, 1.54) is 10.8 Å². The Morgan fingerprint density at radius 1 is 1.40 bits per heavy atom. The predicted molar refractivity (Wildman–Crippen MR) is 67.0 cm³/mol.